The van der Waals surface area contributed by atoms with Crippen molar-refractivity contribution < 1.29 is 19.1 Å². The molecule has 0 spiro atoms. The maximum absolute atomic E-state index is 13.4. The Hall–Kier alpha value is -3.80. The number of carbonyl (C=O) groups excluding carboxylic acids is 2. The largest absolute Gasteiger partial charge is 0.494 e. The van der Waals surface area contributed by atoms with Crippen LogP contribution in [0.5, 0.6) is 17.2 Å². The van der Waals surface area contributed by atoms with Gasteiger partial charge in [-0.1, -0.05) is 36.4 Å². The minimum Gasteiger partial charge on any atom is -0.494 e. The maximum atomic E-state index is 13.4. The van der Waals surface area contributed by atoms with Crippen molar-refractivity contribution in [2.24, 2.45) is 0 Å². The molecular weight excluding hydrogens is 404 g/mol. The lowest BCUT2D eigenvalue weighted by molar-refractivity contribution is -0.123. The highest BCUT2D eigenvalue weighted by Gasteiger charge is 2.51. The van der Waals surface area contributed by atoms with Crippen molar-refractivity contribution in [2.75, 3.05) is 11.5 Å². The summed E-state index contributed by atoms with van der Waals surface area (Å²) in [5, 5.41) is 0. The third kappa shape index (κ3) is 4.04. The number of imide groups is 1. The van der Waals surface area contributed by atoms with Crippen molar-refractivity contribution in [3.8, 4) is 17.2 Å². The van der Waals surface area contributed by atoms with Gasteiger partial charge in [-0.3, -0.25) is 4.79 Å². The molecule has 0 atom stereocenters. The SMILES string of the molecule is CCOc1ccc(N2C(=O)N(Cc3ccccc3Oc3ccccc3)C(C)(C)C2=O)cc1. The summed E-state index contributed by atoms with van der Waals surface area (Å²) < 4.78 is 11.5. The molecule has 6 nitrogen and oxygen atoms in total. The summed E-state index contributed by atoms with van der Waals surface area (Å²) in [4.78, 5) is 29.4. The number of para-hydroxylation sites is 2. The molecule has 0 N–H and O–H groups in total. The minimum atomic E-state index is -1.00. The Morgan fingerprint density at radius 1 is 0.812 bits per heavy atom. The molecule has 3 aromatic rings. The Morgan fingerprint density at radius 3 is 2.16 bits per heavy atom. The van der Waals surface area contributed by atoms with Gasteiger partial charge in [0, 0.05) is 5.56 Å². The van der Waals surface area contributed by atoms with E-state index in [9.17, 15) is 9.59 Å². The standard InChI is InChI=1S/C26H26N2O4/c1-4-31-21-16-14-20(15-17-21)28-24(29)26(2,3)27(25(28)30)18-19-10-8-9-13-23(19)32-22-11-6-5-7-12-22/h5-17H,4,18H2,1-3H3. The van der Waals surface area contributed by atoms with Crippen molar-refractivity contribution in [1.29, 1.82) is 0 Å². The second-order valence-electron chi connectivity index (χ2n) is 8.02. The zero-order valence-electron chi connectivity index (χ0n) is 18.4. The lowest BCUT2D eigenvalue weighted by Gasteiger charge is -2.28. The van der Waals surface area contributed by atoms with Crippen molar-refractivity contribution in [1.82, 2.24) is 4.90 Å². The van der Waals surface area contributed by atoms with Crippen LogP contribution in [0.3, 0.4) is 0 Å². The molecule has 0 saturated carbocycles. The number of hydrogen-bond acceptors (Lipinski definition) is 4. The van der Waals surface area contributed by atoms with Gasteiger partial charge in [-0.15, -0.1) is 0 Å². The number of carbonyl (C=O) groups is 2. The number of urea groups is 1. The van der Waals surface area contributed by atoms with Gasteiger partial charge in [0.25, 0.3) is 5.91 Å². The molecule has 1 aliphatic rings. The third-order valence-electron chi connectivity index (χ3n) is 5.50. The summed E-state index contributed by atoms with van der Waals surface area (Å²) in [5.41, 5.74) is 0.335. The molecule has 1 heterocycles. The van der Waals surface area contributed by atoms with Crippen molar-refractivity contribution in [3.05, 3.63) is 84.4 Å². The molecule has 0 aliphatic carbocycles. The van der Waals surface area contributed by atoms with E-state index >= 15 is 0 Å². The number of nitrogens with zero attached hydrogens (tertiary/aromatic N) is 2. The van der Waals surface area contributed by atoms with Crippen LogP contribution in [0.1, 0.15) is 26.3 Å². The number of benzene rings is 3. The van der Waals surface area contributed by atoms with Crippen LogP contribution < -0.4 is 14.4 Å². The summed E-state index contributed by atoms with van der Waals surface area (Å²) in [7, 11) is 0. The van der Waals surface area contributed by atoms with Gasteiger partial charge in [-0.25, -0.2) is 9.69 Å². The third-order valence-corrected chi connectivity index (χ3v) is 5.50. The van der Waals surface area contributed by atoms with Crippen LogP contribution in [0.4, 0.5) is 10.5 Å². The second-order valence-corrected chi connectivity index (χ2v) is 8.02. The number of anilines is 1. The van der Waals surface area contributed by atoms with E-state index in [1.165, 1.54) is 4.90 Å². The van der Waals surface area contributed by atoms with Gasteiger partial charge in [-0.05, 0) is 63.2 Å². The molecule has 6 heteroatoms. The monoisotopic (exact) mass is 430 g/mol. The molecule has 4 rings (SSSR count). The topological polar surface area (TPSA) is 59.1 Å². The minimum absolute atomic E-state index is 0.244. The van der Waals surface area contributed by atoms with Crippen LogP contribution in [0, 0.1) is 0 Å². The highest BCUT2D eigenvalue weighted by atomic mass is 16.5. The van der Waals surface area contributed by atoms with E-state index in [4.69, 9.17) is 9.47 Å². The molecule has 0 bridgehead atoms. The zero-order chi connectivity index (χ0) is 22.7. The smallest absolute Gasteiger partial charge is 0.332 e. The summed E-state index contributed by atoms with van der Waals surface area (Å²) in [6.45, 7) is 6.23. The van der Waals surface area contributed by atoms with E-state index < -0.39 is 5.54 Å². The van der Waals surface area contributed by atoms with E-state index in [1.54, 1.807) is 43.0 Å². The van der Waals surface area contributed by atoms with E-state index in [-0.39, 0.29) is 18.5 Å². The van der Waals surface area contributed by atoms with Gasteiger partial charge in [0.2, 0.25) is 0 Å². The molecule has 3 amide bonds. The second kappa shape index (κ2) is 8.75. The number of amides is 3. The quantitative estimate of drug-likeness (QED) is 0.456. The average Bonchev–Trinajstić information content (AvgIpc) is 2.96. The number of ether oxygens (including phenoxy) is 2. The number of rotatable bonds is 7. The molecule has 164 valence electrons. The predicted molar refractivity (Wildman–Crippen MR) is 123 cm³/mol. The first-order valence-corrected chi connectivity index (χ1v) is 10.6. The van der Waals surface area contributed by atoms with Crippen LogP contribution >= 0.6 is 0 Å². The molecular formula is C26H26N2O4. The normalized spacial score (nSPS) is 15.2. The molecule has 1 fully saturated rings. The van der Waals surface area contributed by atoms with Gasteiger partial charge in [0.05, 0.1) is 18.8 Å². The summed E-state index contributed by atoms with van der Waals surface area (Å²) in [6.07, 6.45) is 0. The van der Waals surface area contributed by atoms with Gasteiger partial charge < -0.3 is 14.4 Å². The molecule has 0 radical (unpaired) electrons. The van der Waals surface area contributed by atoms with Crippen LogP contribution in [-0.4, -0.2) is 29.0 Å². The van der Waals surface area contributed by atoms with E-state index in [2.05, 4.69) is 0 Å². The molecule has 0 unspecified atom stereocenters. The summed E-state index contributed by atoms with van der Waals surface area (Å²) in [5.74, 6) is 1.78. The Balaban J connectivity index is 1.61. The van der Waals surface area contributed by atoms with Gasteiger partial charge in [0.15, 0.2) is 0 Å². The average molecular weight is 431 g/mol. The fourth-order valence-corrected chi connectivity index (χ4v) is 3.71. The molecule has 3 aromatic carbocycles. The fraction of sp³-hybridized carbons (Fsp3) is 0.231. The zero-order valence-corrected chi connectivity index (χ0v) is 18.4. The van der Waals surface area contributed by atoms with E-state index in [1.807, 2.05) is 61.5 Å². The first kappa shape index (κ1) is 21.4. The van der Waals surface area contributed by atoms with Crippen molar-refractivity contribution in [2.45, 2.75) is 32.9 Å². The lowest BCUT2D eigenvalue weighted by Crippen LogP contribution is -2.43. The van der Waals surface area contributed by atoms with Crippen LogP contribution in [0.15, 0.2) is 78.9 Å². The van der Waals surface area contributed by atoms with Gasteiger partial charge in [-0.2, -0.15) is 0 Å². The van der Waals surface area contributed by atoms with Crippen LogP contribution in [0.25, 0.3) is 0 Å². The van der Waals surface area contributed by atoms with E-state index in [0.717, 1.165) is 5.56 Å². The Kier molecular flexibility index (Phi) is 5.86. The van der Waals surface area contributed by atoms with Gasteiger partial charge >= 0.3 is 6.03 Å². The van der Waals surface area contributed by atoms with Crippen molar-refractivity contribution in [3.63, 3.8) is 0 Å². The highest BCUT2D eigenvalue weighted by molar-refractivity contribution is 6.22. The van der Waals surface area contributed by atoms with Crippen molar-refractivity contribution >= 4 is 17.6 Å². The molecule has 0 aromatic heterocycles. The Labute approximate surface area is 188 Å². The summed E-state index contributed by atoms with van der Waals surface area (Å²) in [6, 6.07) is 23.6. The van der Waals surface area contributed by atoms with Crippen LogP contribution in [-0.2, 0) is 11.3 Å². The fourth-order valence-electron chi connectivity index (χ4n) is 3.71. The Bertz CT molecular complexity index is 1110. The first-order chi connectivity index (χ1) is 15.4. The maximum Gasteiger partial charge on any atom is 0.332 e. The van der Waals surface area contributed by atoms with Gasteiger partial charge in [0.1, 0.15) is 22.8 Å². The predicted octanol–water partition coefficient (Wildman–Crippen LogP) is 5.63. The first-order valence-electron chi connectivity index (χ1n) is 10.6. The lowest BCUT2D eigenvalue weighted by atomic mass is 10.0. The van der Waals surface area contributed by atoms with E-state index in [0.29, 0.717) is 29.5 Å². The number of hydrogen-bond donors (Lipinski definition) is 0. The Morgan fingerprint density at radius 2 is 1.47 bits per heavy atom. The highest BCUT2D eigenvalue weighted by Crippen LogP contribution is 2.36. The van der Waals surface area contributed by atoms with Crippen LogP contribution in [0.2, 0.25) is 0 Å². The molecule has 1 saturated heterocycles. The summed E-state index contributed by atoms with van der Waals surface area (Å²) >= 11 is 0. The molecule has 1 aliphatic heterocycles. The molecule has 32 heavy (non-hydrogen) atoms.